The number of pyridine rings is 1. The van der Waals surface area contributed by atoms with Crippen LogP contribution in [0.5, 0.6) is 0 Å². The summed E-state index contributed by atoms with van der Waals surface area (Å²) in [6, 6.07) is 11.4. The standard InChI is InChI=1S/C17H18N4O/c1-3-10-21-16(8-9-18-21)17(22)20-15-11-12(2)19-14-7-5-4-6-13(14)15/h4-9,11H,3,10H2,1-2H3,(H,19,20,22). The SMILES string of the molecule is CCCn1nccc1C(=O)Nc1cc(C)nc2ccccc12. The molecule has 0 saturated heterocycles. The number of nitrogens with zero attached hydrogens (tertiary/aromatic N) is 3. The second-order valence-electron chi connectivity index (χ2n) is 5.22. The fourth-order valence-corrected chi connectivity index (χ4v) is 2.51. The Hall–Kier alpha value is -2.69. The van der Waals surface area contributed by atoms with E-state index in [1.165, 1.54) is 0 Å². The summed E-state index contributed by atoms with van der Waals surface area (Å²) in [5.41, 5.74) is 3.09. The van der Waals surface area contributed by atoms with Gasteiger partial charge in [0.15, 0.2) is 0 Å². The highest BCUT2D eigenvalue weighted by Crippen LogP contribution is 2.23. The summed E-state index contributed by atoms with van der Waals surface area (Å²) in [6.07, 6.45) is 2.58. The molecule has 0 unspecified atom stereocenters. The number of fused-ring (bicyclic) bond motifs is 1. The highest BCUT2D eigenvalue weighted by molar-refractivity contribution is 6.07. The highest BCUT2D eigenvalue weighted by atomic mass is 16.2. The topological polar surface area (TPSA) is 59.8 Å². The Kier molecular flexibility index (Phi) is 3.87. The summed E-state index contributed by atoms with van der Waals surface area (Å²) in [5.74, 6) is -0.151. The molecule has 5 nitrogen and oxygen atoms in total. The van der Waals surface area contributed by atoms with Gasteiger partial charge in [-0.15, -0.1) is 0 Å². The summed E-state index contributed by atoms with van der Waals surface area (Å²) >= 11 is 0. The Bertz CT molecular complexity index is 822. The van der Waals surface area contributed by atoms with E-state index in [1.807, 2.05) is 37.3 Å². The van der Waals surface area contributed by atoms with Crippen molar-refractivity contribution in [3.8, 4) is 0 Å². The molecule has 3 rings (SSSR count). The van der Waals surface area contributed by atoms with Gasteiger partial charge in [-0.25, -0.2) is 0 Å². The number of carbonyl (C=O) groups is 1. The summed E-state index contributed by atoms with van der Waals surface area (Å²) < 4.78 is 1.73. The molecule has 0 bridgehead atoms. The van der Waals surface area contributed by atoms with Crippen LogP contribution in [0.4, 0.5) is 5.69 Å². The second kappa shape index (κ2) is 5.97. The highest BCUT2D eigenvalue weighted by Gasteiger charge is 2.13. The van der Waals surface area contributed by atoms with Gasteiger partial charge in [0.2, 0.25) is 0 Å². The predicted octanol–water partition coefficient (Wildman–Crippen LogP) is 3.40. The van der Waals surface area contributed by atoms with Crippen LogP contribution in [0.15, 0.2) is 42.6 Å². The van der Waals surface area contributed by atoms with Crippen LogP contribution in [0.2, 0.25) is 0 Å². The minimum Gasteiger partial charge on any atom is -0.320 e. The molecule has 0 radical (unpaired) electrons. The first-order chi connectivity index (χ1) is 10.7. The molecular weight excluding hydrogens is 276 g/mol. The largest absolute Gasteiger partial charge is 0.320 e. The zero-order valence-electron chi connectivity index (χ0n) is 12.7. The number of benzene rings is 1. The summed E-state index contributed by atoms with van der Waals surface area (Å²) in [5, 5.41) is 8.11. The van der Waals surface area contributed by atoms with Gasteiger partial charge in [0, 0.05) is 23.8 Å². The van der Waals surface area contributed by atoms with E-state index in [9.17, 15) is 4.79 Å². The zero-order valence-corrected chi connectivity index (χ0v) is 12.7. The lowest BCUT2D eigenvalue weighted by Gasteiger charge is -2.10. The van der Waals surface area contributed by atoms with Gasteiger partial charge in [-0.2, -0.15) is 5.10 Å². The van der Waals surface area contributed by atoms with Gasteiger partial charge in [0.25, 0.3) is 5.91 Å². The van der Waals surface area contributed by atoms with Gasteiger partial charge in [-0.05, 0) is 31.5 Å². The first-order valence-electron chi connectivity index (χ1n) is 7.38. The van der Waals surface area contributed by atoms with Gasteiger partial charge < -0.3 is 5.32 Å². The van der Waals surface area contributed by atoms with Crippen molar-refractivity contribution in [1.82, 2.24) is 14.8 Å². The van der Waals surface area contributed by atoms with Gasteiger partial charge in [-0.1, -0.05) is 25.1 Å². The molecule has 0 aliphatic carbocycles. The second-order valence-corrected chi connectivity index (χ2v) is 5.22. The molecule has 2 aromatic heterocycles. The Labute approximate surface area is 129 Å². The molecule has 0 fully saturated rings. The number of amides is 1. The number of para-hydroxylation sites is 1. The summed E-state index contributed by atoms with van der Waals surface area (Å²) in [4.78, 5) is 17.0. The van der Waals surface area contributed by atoms with Crippen LogP contribution in [0.1, 0.15) is 29.5 Å². The van der Waals surface area contributed by atoms with Crippen molar-refractivity contribution < 1.29 is 4.79 Å². The van der Waals surface area contributed by atoms with E-state index in [0.29, 0.717) is 5.69 Å². The fraction of sp³-hybridized carbons (Fsp3) is 0.235. The molecule has 0 aliphatic rings. The number of carbonyl (C=O) groups excluding carboxylic acids is 1. The van der Waals surface area contributed by atoms with Crippen molar-refractivity contribution >= 4 is 22.5 Å². The predicted molar refractivity (Wildman–Crippen MR) is 87.0 cm³/mol. The molecule has 0 saturated carbocycles. The van der Waals surface area contributed by atoms with Crippen LogP contribution < -0.4 is 5.32 Å². The lowest BCUT2D eigenvalue weighted by molar-refractivity contribution is 0.101. The van der Waals surface area contributed by atoms with Crippen LogP contribution in [0.3, 0.4) is 0 Å². The molecule has 0 aliphatic heterocycles. The monoisotopic (exact) mass is 294 g/mol. The third-order valence-electron chi connectivity index (χ3n) is 3.48. The minimum absolute atomic E-state index is 0.151. The molecular formula is C17H18N4O. The molecule has 1 N–H and O–H groups in total. The van der Waals surface area contributed by atoms with E-state index in [4.69, 9.17) is 0 Å². The Morgan fingerprint density at radius 2 is 2.09 bits per heavy atom. The number of aryl methyl sites for hydroxylation is 2. The van der Waals surface area contributed by atoms with Crippen molar-refractivity contribution in [3.63, 3.8) is 0 Å². The van der Waals surface area contributed by atoms with Crippen LogP contribution >= 0.6 is 0 Å². The van der Waals surface area contributed by atoms with Crippen molar-refractivity contribution in [1.29, 1.82) is 0 Å². The average Bonchev–Trinajstić information content (AvgIpc) is 2.96. The number of hydrogen-bond donors (Lipinski definition) is 1. The average molecular weight is 294 g/mol. The Morgan fingerprint density at radius 1 is 1.27 bits per heavy atom. The van der Waals surface area contributed by atoms with Crippen LogP contribution in [0.25, 0.3) is 10.9 Å². The first kappa shape index (κ1) is 14.3. The van der Waals surface area contributed by atoms with Crippen LogP contribution in [-0.2, 0) is 6.54 Å². The van der Waals surface area contributed by atoms with Crippen molar-refractivity contribution in [3.05, 3.63) is 54.0 Å². The third kappa shape index (κ3) is 2.70. The van der Waals surface area contributed by atoms with E-state index >= 15 is 0 Å². The number of rotatable bonds is 4. The normalized spacial score (nSPS) is 10.8. The number of aromatic nitrogens is 3. The quantitative estimate of drug-likeness (QED) is 0.802. The molecule has 5 heteroatoms. The molecule has 1 aromatic carbocycles. The summed E-state index contributed by atoms with van der Waals surface area (Å²) in [6.45, 7) is 4.71. The lowest BCUT2D eigenvalue weighted by Crippen LogP contribution is -2.18. The number of hydrogen-bond acceptors (Lipinski definition) is 3. The fourth-order valence-electron chi connectivity index (χ4n) is 2.51. The molecule has 2 heterocycles. The molecule has 112 valence electrons. The zero-order chi connectivity index (χ0) is 15.5. The number of anilines is 1. The lowest BCUT2D eigenvalue weighted by atomic mass is 10.1. The first-order valence-corrected chi connectivity index (χ1v) is 7.38. The third-order valence-corrected chi connectivity index (χ3v) is 3.48. The number of nitrogens with one attached hydrogen (secondary N) is 1. The molecule has 0 atom stereocenters. The molecule has 0 spiro atoms. The van der Waals surface area contributed by atoms with E-state index in [1.54, 1.807) is 16.9 Å². The van der Waals surface area contributed by atoms with Gasteiger partial charge in [-0.3, -0.25) is 14.5 Å². The molecule has 1 amide bonds. The van der Waals surface area contributed by atoms with Crippen molar-refractivity contribution in [2.24, 2.45) is 0 Å². The van der Waals surface area contributed by atoms with Gasteiger partial charge in [0.1, 0.15) is 5.69 Å². The van der Waals surface area contributed by atoms with Crippen LogP contribution in [-0.4, -0.2) is 20.7 Å². The smallest absolute Gasteiger partial charge is 0.273 e. The maximum atomic E-state index is 12.5. The maximum Gasteiger partial charge on any atom is 0.273 e. The van der Waals surface area contributed by atoms with Gasteiger partial charge >= 0.3 is 0 Å². The Balaban J connectivity index is 1.96. The van der Waals surface area contributed by atoms with E-state index < -0.39 is 0 Å². The van der Waals surface area contributed by atoms with E-state index in [-0.39, 0.29) is 5.91 Å². The minimum atomic E-state index is -0.151. The van der Waals surface area contributed by atoms with E-state index in [0.717, 1.165) is 35.2 Å². The van der Waals surface area contributed by atoms with E-state index in [2.05, 4.69) is 22.3 Å². The van der Waals surface area contributed by atoms with Crippen LogP contribution in [0, 0.1) is 6.92 Å². The summed E-state index contributed by atoms with van der Waals surface area (Å²) in [7, 11) is 0. The van der Waals surface area contributed by atoms with Crippen molar-refractivity contribution in [2.45, 2.75) is 26.8 Å². The van der Waals surface area contributed by atoms with Gasteiger partial charge in [0.05, 0.1) is 11.2 Å². The molecule has 22 heavy (non-hydrogen) atoms. The maximum absolute atomic E-state index is 12.5. The van der Waals surface area contributed by atoms with Crippen molar-refractivity contribution in [2.75, 3.05) is 5.32 Å². The Morgan fingerprint density at radius 3 is 2.91 bits per heavy atom. The molecule has 3 aromatic rings.